The first-order chi connectivity index (χ1) is 9.54. The van der Waals surface area contributed by atoms with Crippen LogP contribution in [0.5, 0.6) is 0 Å². The van der Waals surface area contributed by atoms with E-state index in [-0.39, 0.29) is 0 Å². The van der Waals surface area contributed by atoms with E-state index >= 15 is 0 Å². The molecule has 1 aromatic carbocycles. The quantitative estimate of drug-likeness (QED) is 0.730. The molecule has 0 amide bonds. The number of likely N-dealkylation sites (N-methyl/N-ethyl adjacent to an activating group) is 1. The summed E-state index contributed by atoms with van der Waals surface area (Å²) < 4.78 is 0. The van der Waals surface area contributed by atoms with Crippen molar-refractivity contribution in [1.29, 1.82) is 0 Å². The lowest BCUT2D eigenvalue weighted by Crippen LogP contribution is -2.36. The molecule has 0 aliphatic rings. The maximum absolute atomic E-state index is 3.74. The minimum Gasteiger partial charge on any atom is -0.309 e. The third-order valence-corrected chi connectivity index (χ3v) is 4.11. The summed E-state index contributed by atoms with van der Waals surface area (Å²) in [5.74, 6) is 0.708. The van der Waals surface area contributed by atoms with Crippen molar-refractivity contribution in [3.8, 4) is 0 Å². The molecule has 114 valence electrons. The lowest BCUT2D eigenvalue weighted by atomic mass is 9.97. The van der Waals surface area contributed by atoms with E-state index in [1.807, 2.05) is 0 Å². The molecule has 2 heteroatoms. The van der Waals surface area contributed by atoms with Crippen molar-refractivity contribution in [3.63, 3.8) is 0 Å². The maximum atomic E-state index is 3.74. The Hall–Kier alpha value is -0.860. The fraction of sp³-hybridized carbons (Fsp3) is 0.667. The fourth-order valence-electron chi connectivity index (χ4n) is 2.44. The molecule has 2 atom stereocenters. The summed E-state index contributed by atoms with van der Waals surface area (Å²) in [5.41, 5.74) is 1.41. The molecule has 0 fully saturated rings. The molecule has 1 N–H and O–H groups in total. The Bertz CT molecular complexity index is 348. The van der Waals surface area contributed by atoms with Crippen LogP contribution in [0.15, 0.2) is 30.3 Å². The molecule has 0 aliphatic heterocycles. The minimum atomic E-state index is 0.474. The standard InChI is InChI=1S/C18H32N2/c1-6-16(4)20(5)13-12-19-18(14-15(2)3)17-10-8-7-9-11-17/h7-11,15-16,18-19H,6,12-14H2,1-5H3. The Labute approximate surface area is 125 Å². The van der Waals surface area contributed by atoms with Crippen LogP contribution in [0.4, 0.5) is 0 Å². The van der Waals surface area contributed by atoms with Crippen molar-refractivity contribution in [2.45, 2.75) is 52.6 Å². The number of rotatable bonds is 9. The van der Waals surface area contributed by atoms with Gasteiger partial charge in [-0.05, 0) is 38.3 Å². The first-order valence-corrected chi connectivity index (χ1v) is 8.03. The van der Waals surface area contributed by atoms with Gasteiger partial charge in [0.1, 0.15) is 0 Å². The van der Waals surface area contributed by atoms with Crippen LogP contribution in [0.25, 0.3) is 0 Å². The highest BCUT2D eigenvalue weighted by Gasteiger charge is 2.13. The molecule has 1 rings (SSSR count). The van der Waals surface area contributed by atoms with Gasteiger partial charge in [-0.1, -0.05) is 51.1 Å². The average molecular weight is 276 g/mol. The molecule has 0 radical (unpaired) electrons. The Kier molecular flexibility index (Phi) is 7.86. The Morgan fingerprint density at radius 1 is 1.10 bits per heavy atom. The van der Waals surface area contributed by atoms with Crippen molar-refractivity contribution < 1.29 is 0 Å². The van der Waals surface area contributed by atoms with Crippen molar-refractivity contribution >= 4 is 0 Å². The molecule has 1 aromatic rings. The van der Waals surface area contributed by atoms with E-state index < -0.39 is 0 Å². The Morgan fingerprint density at radius 3 is 2.30 bits per heavy atom. The van der Waals surface area contributed by atoms with E-state index in [1.54, 1.807) is 0 Å². The number of hydrogen-bond acceptors (Lipinski definition) is 2. The molecule has 0 bridgehead atoms. The second-order valence-corrected chi connectivity index (χ2v) is 6.28. The third kappa shape index (κ3) is 6.06. The second-order valence-electron chi connectivity index (χ2n) is 6.28. The monoisotopic (exact) mass is 276 g/mol. The van der Waals surface area contributed by atoms with Gasteiger partial charge in [-0.25, -0.2) is 0 Å². The van der Waals surface area contributed by atoms with Crippen molar-refractivity contribution in [3.05, 3.63) is 35.9 Å². The Morgan fingerprint density at radius 2 is 1.75 bits per heavy atom. The van der Waals surface area contributed by atoms with E-state index in [4.69, 9.17) is 0 Å². The van der Waals surface area contributed by atoms with Crippen LogP contribution in [0.3, 0.4) is 0 Å². The molecule has 0 aliphatic carbocycles. The highest BCUT2D eigenvalue weighted by molar-refractivity contribution is 5.18. The predicted molar refractivity (Wildman–Crippen MR) is 89.0 cm³/mol. The normalized spacial score (nSPS) is 14.8. The van der Waals surface area contributed by atoms with Gasteiger partial charge in [-0.2, -0.15) is 0 Å². The van der Waals surface area contributed by atoms with E-state index in [0.29, 0.717) is 18.0 Å². The minimum absolute atomic E-state index is 0.474. The SMILES string of the molecule is CCC(C)N(C)CCNC(CC(C)C)c1ccccc1. The summed E-state index contributed by atoms with van der Waals surface area (Å²) in [6, 6.07) is 12.0. The summed E-state index contributed by atoms with van der Waals surface area (Å²) in [4.78, 5) is 2.43. The summed E-state index contributed by atoms with van der Waals surface area (Å²) in [6.07, 6.45) is 2.40. The van der Waals surface area contributed by atoms with E-state index in [2.05, 4.69) is 75.3 Å². The lowest BCUT2D eigenvalue weighted by molar-refractivity contribution is 0.246. The largest absolute Gasteiger partial charge is 0.309 e. The molecule has 0 aromatic heterocycles. The van der Waals surface area contributed by atoms with Gasteiger partial charge < -0.3 is 10.2 Å². The third-order valence-electron chi connectivity index (χ3n) is 4.11. The highest BCUT2D eigenvalue weighted by Crippen LogP contribution is 2.20. The fourth-order valence-corrected chi connectivity index (χ4v) is 2.44. The van der Waals surface area contributed by atoms with E-state index in [1.165, 1.54) is 18.4 Å². The average Bonchev–Trinajstić information content (AvgIpc) is 2.45. The van der Waals surface area contributed by atoms with Gasteiger partial charge in [0.25, 0.3) is 0 Å². The highest BCUT2D eigenvalue weighted by atomic mass is 15.1. The molecule has 0 saturated heterocycles. The van der Waals surface area contributed by atoms with Crippen LogP contribution < -0.4 is 5.32 Å². The summed E-state index contributed by atoms with van der Waals surface area (Å²) >= 11 is 0. The van der Waals surface area contributed by atoms with Crippen LogP contribution in [-0.2, 0) is 0 Å². The molecule has 0 spiro atoms. The van der Waals surface area contributed by atoms with Crippen molar-refractivity contribution in [1.82, 2.24) is 10.2 Å². The predicted octanol–water partition coefficient (Wildman–Crippen LogP) is 4.09. The number of nitrogens with zero attached hydrogens (tertiary/aromatic N) is 1. The summed E-state index contributed by atoms with van der Waals surface area (Å²) in [7, 11) is 2.22. The molecular weight excluding hydrogens is 244 g/mol. The summed E-state index contributed by atoms with van der Waals surface area (Å²) in [5, 5.41) is 3.74. The topological polar surface area (TPSA) is 15.3 Å². The zero-order chi connectivity index (χ0) is 15.0. The molecule has 0 heterocycles. The molecule has 0 saturated carbocycles. The number of benzene rings is 1. The number of hydrogen-bond donors (Lipinski definition) is 1. The van der Waals surface area contributed by atoms with Crippen LogP contribution in [0.2, 0.25) is 0 Å². The molecular formula is C18H32N2. The molecule has 2 unspecified atom stereocenters. The molecule has 20 heavy (non-hydrogen) atoms. The van der Waals surface area contributed by atoms with Crippen molar-refractivity contribution in [2.24, 2.45) is 5.92 Å². The van der Waals surface area contributed by atoms with Crippen LogP contribution >= 0.6 is 0 Å². The van der Waals surface area contributed by atoms with Gasteiger partial charge in [0, 0.05) is 25.2 Å². The summed E-state index contributed by atoms with van der Waals surface area (Å²) in [6.45, 7) is 11.3. The van der Waals surface area contributed by atoms with Crippen LogP contribution in [-0.4, -0.2) is 31.1 Å². The Balaban J connectivity index is 2.50. The van der Waals surface area contributed by atoms with Gasteiger partial charge in [0.05, 0.1) is 0 Å². The van der Waals surface area contributed by atoms with Crippen LogP contribution in [0.1, 0.15) is 52.1 Å². The van der Waals surface area contributed by atoms with Crippen LogP contribution in [0, 0.1) is 5.92 Å². The first kappa shape index (κ1) is 17.2. The zero-order valence-electron chi connectivity index (χ0n) is 13.9. The van der Waals surface area contributed by atoms with E-state index in [9.17, 15) is 0 Å². The van der Waals surface area contributed by atoms with Gasteiger partial charge in [-0.3, -0.25) is 0 Å². The zero-order valence-corrected chi connectivity index (χ0v) is 13.9. The number of nitrogens with one attached hydrogen (secondary N) is 1. The molecule has 2 nitrogen and oxygen atoms in total. The first-order valence-electron chi connectivity index (χ1n) is 8.03. The van der Waals surface area contributed by atoms with Gasteiger partial charge in [0.2, 0.25) is 0 Å². The lowest BCUT2D eigenvalue weighted by Gasteiger charge is -2.26. The van der Waals surface area contributed by atoms with Gasteiger partial charge in [0.15, 0.2) is 0 Å². The smallest absolute Gasteiger partial charge is 0.0323 e. The van der Waals surface area contributed by atoms with Gasteiger partial charge >= 0.3 is 0 Å². The second kappa shape index (κ2) is 9.15. The maximum Gasteiger partial charge on any atom is 0.0323 e. The van der Waals surface area contributed by atoms with E-state index in [0.717, 1.165) is 13.1 Å². The van der Waals surface area contributed by atoms with Gasteiger partial charge in [-0.15, -0.1) is 0 Å². The van der Waals surface area contributed by atoms with Crippen molar-refractivity contribution in [2.75, 3.05) is 20.1 Å².